The van der Waals surface area contributed by atoms with Crippen molar-refractivity contribution in [3.8, 4) is 0 Å². The highest BCUT2D eigenvalue weighted by Gasteiger charge is 2.46. The first kappa shape index (κ1) is 23.3. The molecule has 0 saturated heterocycles. The molecule has 1 N–H and O–H groups in total. The summed E-state index contributed by atoms with van der Waals surface area (Å²) < 4.78 is 84.4. The first-order valence-electron chi connectivity index (χ1n) is 10.3. The molecule has 4 rings (SSSR count). The number of aliphatic carboxylic acids is 1. The monoisotopic (exact) mass is 483 g/mol. The molecule has 1 heterocycles. The van der Waals surface area contributed by atoms with Crippen molar-refractivity contribution in [3.05, 3.63) is 65.1 Å². The molecule has 2 unspecified atom stereocenters. The Balaban J connectivity index is 2.21. The maximum absolute atomic E-state index is 14.6. The number of carbonyl (C=O) groups is 1. The molecular weight excluding hydrogens is 462 g/mol. The molecule has 2 aromatic carbocycles. The summed E-state index contributed by atoms with van der Waals surface area (Å²) >= 11 is 0. The minimum atomic E-state index is -4.84. The van der Waals surface area contributed by atoms with Crippen LogP contribution in [0.25, 0.3) is 10.9 Å². The van der Waals surface area contributed by atoms with Gasteiger partial charge >= 0.3 is 12.1 Å². The SMILES string of the molecule is CS(=O)(=O)c1cc(F)cc2c3c(n(C(c4ccccc4)C(F)(F)F)c12)C(CC(=O)O)CCC3. The molecule has 0 amide bonds. The van der Waals surface area contributed by atoms with Gasteiger partial charge < -0.3 is 9.67 Å². The van der Waals surface area contributed by atoms with E-state index >= 15 is 0 Å². The zero-order valence-electron chi connectivity index (χ0n) is 17.6. The van der Waals surface area contributed by atoms with Crippen LogP contribution in [0.15, 0.2) is 47.4 Å². The predicted molar refractivity (Wildman–Crippen MR) is 114 cm³/mol. The Morgan fingerprint density at radius 2 is 1.88 bits per heavy atom. The Hall–Kier alpha value is -2.88. The van der Waals surface area contributed by atoms with Gasteiger partial charge in [0.1, 0.15) is 5.82 Å². The van der Waals surface area contributed by atoms with Gasteiger partial charge in [-0.3, -0.25) is 4.79 Å². The third-order valence-corrected chi connectivity index (χ3v) is 7.15. The van der Waals surface area contributed by atoms with Crippen molar-refractivity contribution in [2.75, 3.05) is 6.26 Å². The van der Waals surface area contributed by atoms with Gasteiger partial charge in [-0.15, -0.1) is 0 Å². The van der Waals surface area contributed by atoms with Crippen LogP contribution in [0.3, 0.4) is 0 Å². The van der Waals surface area contributed by atoms with Crippen molar-refractivity contribution in [1.29, 1.82) is 0 Å². The first-order chi connectivity index (χ1) is 15.4. The predicted octanol–water partition coefficient (Wildman–Crippen LogP) is 5.23. The van der Waals surface area contributed by atoms with Crippen LogP contribution < -0.4 is 0 Å². The van der Waals surface area contributed by atoms with Gasteiger partial charge in [-0.1, -0.05) is 30.3 Å². The van der Waals surface area contributed by atoms with E-state index in [1.807, 2.05) is 0 Å². The van der Waals surface area contributed by atoms with Crippen LogP contribution in [0.1, 0.15) is 48.0 Å². The average Bonchev–Trinajstić information content (AvgIpc) is 3.01. The molecule has 1 aliphatic carbocycles. The maximum Gasteiger partial charge on any atom is 0.413 e. The molecule has 10 heteroatoms. The summed E-state index contributed by atoms with van der Waals surface area (Å²) in [5, 5.41) is 9.49. The number of sulfone groups is 1. The van der Waals surface area contributed by atoms with Crippen molar-refractivity contribution < 1.29 is 35.9 Å². The van der Waals surface area contributed by atoms with E-state index in [2.05, 4.69) is 0 Å². The van der Waals surface area contributed by atoms with Gasteiger partial charge in [0.2, 0.25) is 0 Å². The van der Waals surface area contributed by atoms with Gasteiger partial charge in [0.05, 0.1) is 16.8 Å². The molecule has 3 aromatic rings. The molecule has 5 nitrogen and oxygen atoms in total. The highest BCUT2D eigenvalue weighted by atomic mass is 32.2. The number of alkyl halides is 3. The third-order valence-electron chi connectivity index (χ3n) is 6.04. The number of benzene rings is 2. The van der Waals surface area contributed by atoms with E-state index in [1.54, 1.807) is 6.07 Å². The molecule has 1 aromatic heterocycles. The zero-order valence-corrected chi connectivity index (χ0v) is 18.4. The van der Waals surface area contributed by atoms with E-state index in [0.29, 0.717) is 24.8 Å². The summed E-state index contributed by atoms with van der Waals surface area (Å²) in [6, 6.07) is 6.51. The Morgan fingerprint density at radius 3 is 2.45 bits per heavy atom. The van der Waals surface area contributed by atoms with Crippen molar-refractivity contribution in [2.45, 2.75) is 48.7 Å². The molecule has 1 aliphatic rings. The fourth-order valence-electron chi connectivity index (χ4n) is 4.90. The van der Waals surface area contributed by atoms with Crippen LogP contribution in [-0.4, -0.2) is 36.5 Å². The highest BCUT2D eigenvalue weighted by molar-refractivity contribution is 7.91. The first-order valence-corrected chi connectivity index (χ1v) is 12.2. The topological polar surface area (TPSA) is 76.4 Å². The Kier molecular flexibility index (Phi) is 5.76. The highest BCUT2D eigenvalue weighted by Crippen LogP contribution is 2.48. The van der Waals surface area contributed by atoms with Gasteiger partial charge in [0, 0.05) is 23.3 Å². The van der Waals surface area contributed by atoms with Crippen molar-refractivity contribution in [1.82, 2.24) is 4.57 Å². The molecule has 33 heavy (non-hydrogen) atoms. The lowest BCUT2D eigenvalue weighted by atomic mass is 9.84. The van der Waals surface area contributed by atoms with E-state index in [1.165, 1.54) is 24.3 Å². The van der Waals surface area contributed by atoms with Crippen LogP contribution in [0.2, 0.25) is 0 Å². The number of carboxylic acid groups (broad SMARTS) is 1. The quantitative estimate of drug-likeness (QED) is 0.504. The molecule has 0 saturated carbocycles. The fraction of sp³-hybridized carbons (Fsp3) is 0.348. The molecule has 0 spiro atoms. The minimum Gasteiger partial charge on any atom is -0.481 e. The van der Waals surface area contributed by atoms with E-state index < -0.39 is 51.1 Å². The molecule has 0 aliphatic heterocycles. The summed E-state index contributed by atoms with van der Waals surface area (Å²) in [5.41, 5.74) is 0.109. The van der Waals surface area contributed by atoms with Gasteiger partial charge in [-0.05, 0) is 42.5 Å². The van der Waals surface area contributed by atoms with Crippen molar-refractivity contribution in [3.63, 3.8) is 0 Å². The maximum atomic E-state index is 14.6. The summed E-state index contributed by atoms with van der Waals surface area (Å²) in [6.07, 6.45) is -3.32. The fourth-order valence-corrected chi connectivity index (χ4v) is 5.79. The number of hydrogen-bond acceptors (Lipinski definition) is 3. The van der Waals surface area contributed by atoms with Crippen LogP contribution in [-0.2, 0) is 21.1 Å². The minimum absolute atomic E-state index is 0.0747. The van der Waals surface area contributed by atoms with Gasteiger partial charge in [-0.25, -0.2) is 12.8 Å². The van der Waals surface area contributed by atoms with E-state index in [-0.39, 0.29) is 22.2 Å². The van der Waals surface area contributed by atoms with Crippen LogP contribution in [0, 0.1) is 5.82 Å². The van der Waals surface area contributed by atoms with Gasteiger partial charge in [0.25, 0.3) is 0 Å². The molecular formula is C23H21F4NO4S. The number of aromatic nitrogens is 1. The number of halogens is 4. The number of aryl methyl sites for hydroxylation is 1. The number of fused-ring (bicyclic) bond motifs is 3. The average molecular weight is 483 g/mol. The lowest BCUT2D eigenvalue weighted by Gasteiger charge is -2.30. The van der Waals surface area contributed by atoms with Crippen molar-refractivity contribution in [2.24, 2.45) is 0 Å². The second kappa shape index (κ2) is 8.16. The summed E-state index contributed by atoms with van der Waals surface area (Å²) in [4.78, 5) is 11.0. The standard InChI is InChI=1S/C23H21F4NO4S/c1-33(31,32)18-12-15(24)11-17-16-9-5-8-14(10-19(29)30)20(16)28(21(17)18)22(23(25,26)27)13-6-3-2-4-7-13/h2-4,6-7,11-12,14,22H,5,8-10H2,1H3,(H,29,30). The third kappa shape index (κ3) is 4.23. The second-order valence-corrected chi connectivity index (χ2v) is 10.3. The summed E-state index contributed by atoms with van der Waals surface area (Å²) in [7, 11) is -4.12. The number of rotatable bonds is 5. The molecule has 0 bridgehead atoms. The zero-order chi connectivity index (χ0) is 24.1. The summed E-state index contributed by atoms with van der Waals surface area (Å²) in [6.45, 7) is 0. The Morgan fingerprint density at radius 1 is 1.21 bits per heavy atom. The number of nitrogens with zero attached hydrogens (tertiary/aromatic N) is 1. The van der Waals surface area contributed by atoms with Crippen molar-refractivity contribution >= 4 is 26.7 Å². The number of carboxylic acids is 1. The van der Waals surface area contributed by atoms with E-state index in [0.717, 1.165) is 23.0 Å². The summed E-state index contributed by atoms with van der Waals surface area (Å²) in [5.74, 6) is -2.84. The van der Waals surface area contributed by atoms with E-state index in [4.69, 9.17) is 0 Å². The number of hydrogen-bond donors (Lipinski definition) is 1. The Bertz CT molecular complexity index is 1330. The molecule has 0 radical (unpaired) electrons. The molecule has 0 fully saturated rings. The van der Waals surface area contributed by atoms with E-state index in [9.17, 15) is 35.9 Å². The van der Waals surface area contributed by atoms with Gasteiger partial charge in [0.15, 0.2) is 15.9 Å². The van der Waals surface area contributed by atoms with Crippen LogP contribution >= 0.6 is 0 Å². The lowest BCUT2D eigenvalue weighted by molar-refractivity contribution is -0.156. The van der Waals surface area contributed by atoms with Crippen LogP contribution in [0.5, 0.6) is 0 Å². The van der Waals surface area contributed by atoms with Gasteiger partial charge in [-0.2, -0.15) is 13.2 Å². The Labute approximate surface area is 187 Å². The smallest absolute Gasteiger partial charge is 0.413 e. The van der Waals surface area contributed by atoms with Crippen LogP contribution in [0.4, 0.5) is 17.6 Å². The second-order valence-electron chi connectivity index (χ2n) is 8.35. The largest absolute Gasteiger partial charge is 0.481 e. The lowest BCUT2D eigenvalue weighted by Crippen LogP contribution is -2.31. The normalized spacial score (nSPS) is 17.7. The molecule has 2 atom stereocenters. The molecule has 176 valence electrons.